The molecule has 3 nitrogen and oxygen atoms in total. The molecular formula is C15H18F2N2O. The topological polar surface area (TPSA) is 45.0 Å². The lowest BCUT2D eigenvalue weighted by Gasteiger charge is -2.22. The van der Waals surface area contributed by atoms with Crippen LogP contribution in [0.15, 0.2) is 24.3 Å². The molecule has 0 aromatic heterocycles. The molecule has 0 amide bonds. The number of hydrogen-bond donors (Lipinski definition) is 1. The van der Waals surface area contributed by atoms with Crippen LogP contribution < -0.4 is 10.1 Å². The Morgan fingerprint density at radius 2 is 2.00 bits per heavy atom. The molecule has 0 heterocycles. The van der Waals surface area contributed by atoms with E-state index in [0.717, 1.165) is 24.8 Å². The number of alkyl halides is 2. The Kier molecular flexibility index (Phi) is 4.91. The molecule has 0 radical (unpaired) electrons. The quantitative estimate of drug-likeness (QED) is 0.895. The zero-order valence-corrected chi connectivity index (χ0v) is 11.4. The maximum atomic E-state index is 12.1. The minimum atomic E-state index is -2.80. The molecule has 1 aliphatic rings. The minimum absolute atomic E-state index is 0.0684. The van der Waals surface area contributed by atoms with Gasteiger partial charge in [-0.2, -0.15) is 14.0 Å². The Bertz CT molecular complexity index is 470. The Morgan fingerprint density at radius 3 is 2.60 bits per heavy atom. The van der Waals surface area contributed by atoms with Gasteiger partial charge in [-0.15, -0.1) is 0 Å². The molecule has 3 atom stereocenters. The third-order valence-electron chi connectivity index (χ3n) is 3.75. The summed E-state index contributed by atoms with van der Waals surface area (Å²) in [6, 6.07) is 9.24. The second kappa shape index (κ2) is 6.67. The average Bonchev–Trinajstić information content (AvgIpc) is 2.86. The normalized spacial score (nSPS) is 23.6. The van der Waals surface area contributed by atoms with E-state index in [1.165, 1.54) is 12.1 Å². The predicted molar refractivity (Wildman–Crippen MR) is 71.4 cm³/mol. The van der Waals surface area contributed by atoms with Crippen molar-refractivity contribution in [3.8, 4) is 11.8 Å². The lowest BCUT2D eigenvalue weighted by Crippen LogP contribution is -2.33. The summed E-state index contributed by atoms with van der Waals surface area (Å²) in [5, 5.41) is 12.5. The Balaban J connectivity index is 1.95. The van der Waals surface area contributed by atoms with E-state index in [0.29, 0.717) is 0 Å². The van der Waals surface area contributed by atoms with Gasteiger partial charge in [-0.3, -0.25) is 0 Å². The van der Waals surface area contributed by atoms with E-state index in [1.54, 1.807) is 12.1 Å². The summed E-state index contributed by atoms with van der Waals surface area (Å²) >= 11 is 0. The first kappa shape index (κ1) is 14.7. The van der Waals surface area contributed by atoms with E-state index in [4.69, 9.17) is 5.26 Å². The lowest BCUT2D eigenvalue weighted by molar-refractivity contribution is -0.0498. The van der Waals surface area contributed by atoms with Crippen LogP contribution in [-0.2, 0) is 0 Å². The van der Waals surface area contributed by atoms with Crippen molar-refractivity contribution in [2.24, 2.45) is 5.92 Å². The average molecular weight is 280 g/mol. The SMILES string of the molecule is CC(NC1CCCC1C#N)c1ccc(OC(F)F)cc1. The van der Waals surface area contributed by atoms with Crippen LogP contribution in [0.5, 0.6) is 5.75 Å². The summed E-state index contributed by atoms with van der Waals surface area (Å²) in [4.78, 5) is 0. The van der Waals surface area contributed by atoms with Crippen LogP contribution in [0.2, 0.25) is 0 Å². The number of halogens is 2. The van der Waals surface area contributed by atoms with E-state index in [1.807, 2.05) is 6.92 Å². The number of benzene rings is 1. The molecule has 0 aliphatic heterocycles. The monoisotopic (exact) mass is 280 g/mol. The van der Waals surface area contributed by atoms with Gasteiger partial charge in [0.1, 0.15) is 5.75 Å². The van der Waals surface area contributed by atoms with Gasteiger partial charge >= 0.3 is 6.61 Å². The molecule has 0 saturated heterocycles. The molecule has 1 aromatic rings. The molecule has 1 aromatic carbocycles. The molecule has 1 fully saturated rings. The van der Waals surface area contributed by atoms with Crippen LogP contribution in [0.4, 0.5) is 8.78 Å². The summed E-state index contributed by atoms with van der Waals surface area (Å²) < 4.78 is 28.5. The van der Waals surface area contributed by atoms with Crippen molar-refractivity contribution in [3.63, 3.8) is 0 Å². The Labute approximate surface area is 117 Å². The molecule has 108 valence electrons. The molecule has 3 unspecified atom stereocenters. The van der Waals surface area contributed by atoms with Gasteiger partial charge in [0.2, 0.25) is 0 Å². The maximum absolute atomic E-state index is 12.1. The summed E-state index contributed by atoms with van der Waals surface area (Å²) in [5.41, 5.74) is 0.996. The van der Waals surface area contributed by atoms with E-state index in [2.05, 4.69) is 16.1 Å². The fourth-order valence-corrected chi connectivity index (χ4v) is 2.67. The van der Waals surface area contributed by atoms with Crippen LogP contribution in [0.3, 0.4) is 0 Å². The number of hydrogen-bond acceptors (Lipinski definition) is 3. The van der Waals surface area contributed by atoms with Gasteiger partial charge in [-0.05, 0) is 37.5 Å². The fraction of sp³-hybridized carbons (Fsp3) is 0.533. The van der Waals surface area contributed by atoms with Crippen molar-refractivity contribution in [3.05, 3.63) is 29.8 Å². The van der Waals surface area contributed by atoms with Gasteiger partial charge in [0, 0.05) is 12.1 Å². The van der Waals surface area contributed by atoms with Crippen LogP contribution in [0.1, 0.15) is 37.8 Å². The van der Waals surface area contributed by atoms with Crippen molar-refractivity contribution < 1.29 is 13.5 Å². The first-order valence-corrected chi connectivity index (χ1v) is 6.80. The zero-order valence-electron chi connectivity index (χ0n) is 11.4. The third kappa shape index (κ3) is 3.67. The lowest BCUT2D eigenvalue weighted by atomic mass is 10.0. The van der Waals surface area contributed by atoms with Gasteiger partial charge in [0.05, 0.1) is 12.0 Å². The minimum Gasteiger partial charge on any atom is -0.435 e. The first-order chi connectivity index (χ1) is 9.60. The Hall–Kier alpha value is -1.67. The first-order valence-electron chi connectivity index (χ1n) is 6.80. The third-order valence-corrected chi connectivity index (χ3v) is 3.75. The van der Waals surface area contributed by atoms with Crippen LogP contribution in [0, 0.1) is 17.2 Å². The standard InChI is InChI=1S/C15H18F2N2O/c1-10(19-14-4-2-3-12(14)9-18)11-5-7-13(8-6-11)20-15(16)17/h5-8,10,12,14-15,19H,2-4H2,1H3. The van der Waals surface area contributed by atoms with Gasteiger partial charge in [-0.1, -0.05) is 18.6 Å². The molecule has 1 aliphatic carbocycles. The molecule has 2 rings (SSSR count). The molecule has 1 N–H and O–H groups in total. The highest BCUT2D eigenvalue weighted by Crippen LogP contribution is 2.28. The van der Waals surface area contributed by atoms with Crippen molar-refractivity contribution in [1.82, 2.24) is 5.32 Å². The van der Waals surface area contributed by atoms with Crippen molar-refractivity contribution in [1.29, 1.82) is 5.26 Å². The van der Waals surface area contributed by atoms with Crippen molar-refractivity contribution in [2.75, 3.05) is 0 Å². The van der Waals surface area contributed by atoms with E-state index in [9.17, 15) is 8.78 Å². The second-order valence-corrected chi connectivity index (χ2v) is 5.11. The molecule has 0 spiro atoms. The van der Waals surface area contributed by atoms with Gasteiger partial charge < -0.3 is 10.1 Å². The van der Waals surface area contributed by atoms with E-state index in [-0.39, 0.29) is 23.8 Å². The largest absolute Gasteiger partial charge is 0.435 e. The molecule has 5 heteroatoms. The number of ether oxygens (including phenoxy) is 1. The van der Waals surface area contributed by atoms with Crippen LogP contribution in [0.25, 0.3) is 0 Å². The van der Waals surface area contributed by atoms with Crippen LogP contribution in [-0.4, -0.2) is 12.7 Å². The Morgan fingerprint density at radius 1 is 1.30 bits per heavy atom. The molecule has 20 heavy (non-hydrogen) atoms. The smallest absolute Gasteiger partial charge is 0.387 e. The number of nitriles is 1. The molecule has 1 saturated carbocycles. The van der Waals surface area contributed by atoms with Gasteiger partial charge in [0.25, 0.3) is 0 Å². The highest BCUT2D eigenvalue weighted by atomic mass is 19.3. The summed E-state index contributed by atoms with van der Waals surface area (Å²) in [6.07, 6.45) is 3.03. The number of rotatable bonds is 5. The highest BCUT2D eigenvalue weighted by molar-refractivity contribution is 5.29. The van der Waals surface area contributed by atoms with Crippen LogP contribution >= 0.6 is 0 Å². The predicted octanol–water partition coefficient (Wildman–Crippen LogP) is 3.63. The highest BCUT2D eigenvalue weighted by Gasteiger charge is 2.28. The molecular weight excluding hydrogens is 262 g/mol. The fourth-order valence-electron chi connectivity index (χ4n) is 2.67. The van der Waals surface area contributed by atoms with Gasteiger partial charge in [0.15, 0.2) is 0 Å². The zero-order chi connectivity index (χ0) is 14.5. The van der Waals surface area contributed by atoms with Crippen molar-refractivity contribution in [2.45, 2.75) is 44.9 Å². The number of nitrogens with one attached hydrogen (secondary N) is 1. The summed E-state index contributed by atoms with van der Waals surface area (Å²) in [7, 11) is 0. The summed E-state index contributed by atoms with van der Waals surface area (Å²) in [6.45, 7) is -0.790. The van der Waals surface area contributed by atoms with E-state index >= 15 is 0 Å². The van der Waals surface area contributed by atoms with Gasteiger partial charge in [-0.25, -0.2) is 0 Å². The molecule has 0 bridgehead atoms. The summed E-state index contributed by atoms with van der Waals surface area (Å²) in [5.74, 6) is 0.227. The second-order valence-electron chi connectivity index (χ2n) is 5.11. The van der Waals surface area contributed by atoms with E-state index < -0.39 is 6.61 Å². The number of nitrogens with zero attached hydrogens (tertiary/aromatic N) is 1. The maximum Gasteiger partial charge on any atom is 0.387 e. The van der Waals surface area contributed by atoms with Crippen molar-refractivity contribution >= 4 is 0 Å².